The monoisotopic (exact) mass is 340 g/mol. The molecule has 1 fully saturated rings. The molecule has 5 nitrogen and oxygen atoms in total. The van der Waals surface area contributed by atoms with Crippen LogP contribution >= 0.6 is 0 Å². The third kappa shape index (κ3) is 4.65. The Morgan fingerprint density at radius 2 is 1.88 bits per heavy atom. The fraction of sp³-hybridized carbons (Fsp3) is 0.400. The highest BCUT2D eigenvalue weighted by molar-refractivity contribution is 5.57. The van der Waals surface area contributed by atoms with Gasteiger partial charge in [-0.3, -0.25) is 4.84 Å². The van der Waals surface area contributed by atoms with E-state index in [-0.39, 0.29) is 0 Å². The van der Waals surface area contributed by atoms with Gasteiger partial charge in [-0.1, -0.05) is 24.8 Å². The molecule has 2 aliphatic rings. The number of benzene rings is 1. The van der Waals surface area contributed by atoms with Crippen molar-refractivity contribution in [1.82, 2.24) is 9.96 Å². The van der Waals surface area contributed by atoms with Crippen molar-refractivity contribution >= 4 is 11.4 Å². The predicted octanol–water partition coefficient (Wildman–Crippen LogP) is 3.07. The Kier molecular flexibility index (Phi) is 5.79. The van der Waals surface area contributed by atoms with E-state index in [1.165, 1.54) is 11.3 Å². The van der Waals surface area contributed by atoms with Gasteiger partial charge >= 0.3 is 0 Å². The molecule has 1 aromatic carbocycles. The zero-order valence-electron chi connectivity index (χ0n) is 15.2. The van der Waals surface area contributed by atoms with Gasteiger partial charge in [0, 0.05) is 37.6 Å². The summed E-state index contributed by atoms with van der Waals surface area (Å²) in [5, 5.41) is 5.16. The Balaban J connectivity index is 1.58. The quantitative estimate of drug-likeness (QED) is 0.910. The molecular formula is C20H28N4O. The molecule has 0 aliphatic carbocycles. The lowest BCUT2D eigenvalue weighted by atomic mass is 10.2. The second-order valence-electron chi connectivity index (χ2n) is 6.51. The number of anilines is 2. The average molecular weight is 340 g/mol. The molecule has 0 bridgehead atoms. The minimum Gasteiger partial charge on any atom is -0.369 e. The van der Waals surface area contributed by atoms with Gasteiger partial charge in [0.1, 0.15) is 5.82 Å². The fourth-order valence-electron chi connectivity index (χ4n) is 3.01. The van der Waals surface area contributed by atoms with Crippen LogP contribution in [-0.4, -0.2) is 56.3 Å². The first kappa shape index (κ1) is 17.6. The number of hydroxylamine groups is 2. The van der Waals surface area contributed by atoms with Crippen LogP contribution in [0.2, 0.25) is 0 Å². The third-order valence-corrected chi connectivity index (χ3v) is 4.68. The van der Waals surface area contributed by atoms with Gasteiger partial charge in [0.2, 0.25) is 0 Å². The third-order valence-electron chi connectivity index (χ3n) is 4.68. The molecule has 25 heavy (non-hydrogen) atoms. The zero-order chi connectivity index (χ0) is 17.6. The summed E-state index contributed by atoms with van der Waals surface area (Å²) in [5.74, 6) is 0.746. The number of piperazine rings is 1. The van der Waals surface area contributed by atoms with E-state index in [0.29, 0.717) is 13.2 Å². The molecule has 3 rings (SSSR count). The molecule has 1 saturated heterocycles. The summed E-state index contributed by atoms with van der Waals surface area (Å²) in [7, 11) is 2.18. The Labute approximate surface area is 150 Å². The summed E-state index contributed by atoms with van der Waals surface area (Å²) in [5.41, 5.74) is 3.51. The Hall–Kier alpha value is -2.24. The van der Waals surface area contributed by atoms with E-state index in [0.717, 1.165) is 37.7 Å². The van der Waals surface area contributed by atoms with Crippen LogP contribution < -0.4 is 10.2 Å². The van der Waals surface area contributed by atoms with E-state index in [9.17, 15) is 0 Å². The highest BCUT2D eigenvalue weighted by atomic mass is 16.7. The molecule has 0 saturated carbocycles. The molecule has 1 N–H and O–H groups in total. The number of nitrogens with zero attached hydrogens (tertiary/aromatic N) is 3. The number of rotatable bonds is 4. The van der Waals surface area contributed by atoms with Crippen LogP contribution in [0.15, 0.2) is 60.5 Å². The molecular weight excluding hydrogens is 312 g/mol. The highest BCUT2D eigenvalue weighted by Gasteiger charge is 2.15. The maximum atomic E-state index is 5.73. The van der Waals surface area contributed by atoms with Crippen LogP contribution in [0, 0.1) is 0 Å². The lowest BCUT2D eigenvalue weighted by molar-refractivity contribution is -0.108. The van der Waals surface area contributed by atoms with Gasteiger partial charge < -0.3 is 15.1 Å². The van der Waals surface area contributed by atoms with E-state index in [1.54, 1.807) is 0 Å². The molecule has 0 atom stereocenters. The van der Waals surface area contributed by atoms with Crippen LogP contribution in [0.1, 0.15) is 6.92 Å². The van der Waals surface area contributed by atoms with Crippen LogP contribution in [0.3, 0.4) is 0 Å². The van der Waals surface area contributed by atoms with E-state index in [4.69, 9.17) is 4.84 Å². The minimum atomic E-state index is 0.556. The zero-order valence-corrected chi connectivity index (χ0v) is 15.2. The maximum Gasteiger partial charge on any atom is 0.124 e. The van der Waals surface area contributed by atoms with Crippen molar-refractivity contribution in [1.29, 1.82) is 0 Å². The smallest absolute Gasteiger partial charge is 0.124 e. The van der Waals surface area contributed by atoms with E-state index < -0.39 is 0 Å². The number of nitrogens with one attached hydrogen (secondary N) is 1. The van der Waals surface area contributed by atoms with Gasteiger partial charge in [0.15, 0.2) is 0 Å². The first-order valence-corrected chi connectivity index (χ1v) is 8.87. The van der Waals surface area contributed by atoms with Crippen molar-refractivity contribution in [2.75, 3.05) is 56.6 Å². The van der Waals surface area contributed by atoms with Crippen molar-refractivity contribution in [3.8, 4) is 0 Å². The number of hydrogen-bond donors (Lipinski definition) is 1. The van der Waals surface area contributed by atoms with Crippen molar-refractivity contribution in [3.05, 3.63) is 60.5 Å². The lowest BCUT2D eigenvalue weighted by Crippen LogP contribution is -2.44. The van der Waals surface area contributed by atoms with Gasteiger partial charge in [-0.2, -0.15) is 0 Å². The summed E-state index contributed by atoms with van der Waals surface area (Å²) in [6, 6.07) is 8.54. The molecule has 5 heteroatoms. The topological polar surface area (TPSA) is 31.0 Å². The normalized spacial score (nSPS) is 20.6. The first-order valence-electron chi connectivity index (χ1n) is 8.87. The largest absolute Gasteiger partial charge is 0.369 e. The minimum absolute atomic E-state index is 0.556. The van der Waals surface area contributed by atoms with Crippen molar-refractivity contribution in [2.24, 2.45) is 0 Å². The van der Waals surface area contributed by atoms with Crippen molar-refractivity contribution in [2.45, 2.75) is 6.92 Å². The Morgan fingerprint density at radius 3 is 2.56 bits per heavy atom. The van der Waals surface area contributed by atoms with Crippen molar-refractivity contribution < 1.29 is 4.84 Å². The number of likely N-dealkylation sites (N-methyl/N-ethyl adjacent to an activating group) is 1. The first-order chi connectivity index (χ1) is 12.2. The lowest BCUT2D eigenvalue weighted by Gasteiger charge is -2.34. The van der Waals surface area contributed by atoms with Gasteiger partial charge in [-0.15, -0.1) is 0 Å². The van der Waals surface area contributed by atoms with E-state index in [1.807, 2.05) is 18.1 Å². The highest BCUT2D eigenvalue weighted by Crippen LogP contribution is 2.21. The van der Waals surface area contributed by atoms with Gasteiger partial charge in [-0.25, -0.2) is 5.06 Å². The van der Waals surface area contributed by atoms with Crippen LogP contribution in [0.25, 0.3) is 0 Å². The number of allylic oxidation sites excluding steroid dienone is 1. The van der Waals surface area contributed by atoms with Gasteiger partial charge in [0.25, 0.3) is 0 Å². The fourth-order valence-corrected chi connectivity index (χ4v) is 3.01. The summed E-state index contributed by atoms with van der Waals surface area (Å²) < 4.78 is 0. The molecule has 0 aromatic heterocycles. The number of hydrogen-bond acceptors (Lipinski definition) is 5. The standard InChI is InChI=1S/C20H28N4O/c1-4-18-6-5-15-25-24(16-18)17(2)21-19-7-9-20(10-8-19)23-13-11-22(3)12-14-23/h4-10,21H,2,11-16H2,1,3H3/b18-4-. The van der Waals surface area contributed by atoms with Crippen LogP contribution in [0.5, 0.6) is 0 Å². The molecule has 2 heterocycles. The summed E-state index contributed by atoms with van der Waals surface area (Å²) in [6.45, 7) is 11.8. The van der Waals surface area contributed by atoms with E-state index in [2.05, 4.69) is 65.2 Å². The van der Waals surface area contributed by atoms with Crippen LogP contribution in [-0.2, 0) is 4.84 Å². The molecule has 134 valence electrons. The van der Waals surface area contributed by atoms with Crippen molar-refractivity contribution in [3.63, 3.8) is 0 Å². The molecule has 0 radical (unpaired) electrons. The second-order valence-corrected chi connectivity index (χ2v) is 6.51. The molecule has 0 unspecified atom stereocenters. The Bertz CT molecular complexity index is 642. The molecule has 1 aromatic rings. The Morgan fingerprint density at radius 1 is 1.16 bits per heavy atom. The average Bonchev–Trinajstić information content (AvgIpc) is 2.89. The van der Waals surface area contributed by atoms with Gasteiger partial charge in [0.05, 0.1) is 13.2 Å². The maximum absolute atomic E-state index is 5.73. The molecule has 0 amide bonds. The second kappa shape index (κ2) is 8.23. The SMILES string of the molecule is C=C(Nc1ccc(N2CCN(C)CC2)cc1)N1C/C(=C\C)C=CCO1. The van der Waals surface area contributed by atoms with E-state index >= 15 is 0 Å². The molecule has 0 spiro atoms. The summed E-state index contributed by atoms with van der Waals surface area (Å²) in [4.78, 5) is 10.5. The predicted molar refractivity (Wildman–Crippen MR) is 104 cm³/mol. The van der Waals surface area contributed by atoms with Gasteiger partial charge in [-0.05, 0) is 43.8 Å². The summed E-state index contributed by atoms with van der Waals surface area (Å²) in [6.07, 6.45) is 6.21. The van der Waals surface area contributed by atoms with Crippen LogP contribution in [0.4, 0.5) is 11.4 Å². The summed E-state index contributed by atoms with van der Waals surface area (Å²) >= 11 is 0. The molecule has 2 aliphatic heterocycles.